The maximum atomic E-state index is 12.4. The van der Waals surface area contributed by atoms with Gasteiger partial charge in [-0.25, -0.2) is 8.93 Å². The number of hydrogen-bond acceptors (Lipinski definition) is 2. The van der Waals surface area contributed by atoms with Gasteiger partial charge in [0.1, 0.15) is 0 Å². The van der Waals surface area contributed by atoms with Crippen LogP contribution in [0.25, 0.3) is 0 Å². The third-order valence-corrected chi connectivity index (χ3v) is 4.87. The monoisotopic (exact) mass is 311 g/mol. The molecule has 3 atom stereocenters. The molecule has 2 N–H and O–H groups in total. The summed E-state index contributed by atoms with van der Waals surface area (Å²) in [4.78, 5) is 0. The second-order valence-corrected chi connectivity index (χ2v) is 8.98. The standard InChI is InChI=1S/C17H29NO2S/c1-13(2)11-15(19)12-16(14-9-7-6-8-10-14)18-21(20)17(3,4)5/h6-10,13,15-16,18-19H,11-12H2,1-5H3/t15-,16-,21?/m1/s1. The van der Waals surface area contributed by atoms with E-state index in [0.717, 1.165) is 12.0 Å². The van der Waals surface area contributed by atoms with Crippen molar-refractivity contribution >= 4 is 11.0 Å². The van der Waals surface area contributed by atoms with Gasteiger partial charge in [0.15, 0.2) is 0 Å². The van der Waals surface area contributed by atoms with Crippen molar-refractivity contribution in [1.82, 2.24) is 4.72 Å². The van der Waals surface area contributed by atoms with E-state index in [9.17, 15) is 9.32 Å². The van der Waals surface area contributed by atoms with E-state index in [-0.39, 0.29) is 16.9 Å². The second kappa shape index (κ2) is 8.06. The Kier molecular flexibility index (Phi) is 7.04. The molecule has 0 aliphatic rings. The lowest BCUT2D eigenvalue weighted by atomic mass is 9.96. The highest BCUT2D eigenvalue weighted by molar-refractivity contribution is 7.84. The number of nitrogens with one attached hydrogen (secondary N) is 1. The molecule has 0 bridgehead atoms. The Hall–Kier alpha value is -0.710. The molecule has 1 aromatic rings. The normalized spacial score (nSPS) is 16.7. The van der Waals surface area contributed by atoms with Crippen LogP contribution in [0.2, 0.25) is 0 Å². The average molecular weight is 311 g/mol. The highest BCUT2D eigenvalue weighted by Gasteiger charge is 2.25. The van der Waals surface area contributed by atoms with Crippen LogP contribution in [0.15, 0.2) is 30.3 Å². The molecule has 0 saturated carbocycles. The summed E-state index contributed by atoms with van der Waals surface area (Å²) >= 11 is 0. The zero-order valence-electron chi connectivity index (χ0n) is 13.8. The molecular formula is C17H29NO2S. The van der Waals surface area contributed by atoms with Crippen LogP contribution >= 0.6 is 0 Å². The lowest BCUT2D eigenvalue weighted by Gasteiger charge is -2.26. The summed E-state index contributed by atoms with van der Waals surface area (Å²) in [6, 6.07) is 9.84. The number of hydrogen-bond donors (Lipinski definition) is 2. The van der Waals surface area contributed by atoms with Crippen molar-refractivity contribution < 1.29 is 9.32 Å². The van der Waals surface area contributed by atoms with Gasteiger partial charge in [-0.15, -0.1) is 0 Å². The van der Waals surface area contributed by atoms with Gasteiger partial charge in [-0.1, -0.05) is 44.2 Å². The minimum atomic E-state index is -1.16. The first-order chi connectivity index (χ1) is 9.70. The Bertz CT molecular complexity index is 440. The van der Waals surface area contributed by atoms with Gasteiger partial charge in [0, 0.05) is 6.04 Å². The minimum absolute atomic E-state index is 0.0972. The van der Waals surface area contributed by atoms with Crippen LogP contribution in [0.5, 0.6) is 0 Å². The van der Waals surface area contributed by atoms with Gasteiger partial charge >= 0.3 is 0 Å². The molecule has 0 spiro atoms. The van der Waals surface area contributed by atoms with Crippen LogP contribution in [0, 0.1) is 5.92 Å². The first-order valence-electron chi connectivity index (χ1n) is 7.61. The number of aliphatic hydroxyl groups excluding tert-OH is 1. The molecule has 1 aromatic carbocycles. The quantitative estimate of drug-likeness (QED) is 0.808. The average Bonchev–Trinajstić information content (AvgIpc) is 2.36. The smallest absolute Gasteiger partial charge is 0.0975 e. The molecule has 120 valence electrons. The van der Waals surface area contributed by atoms with Crippen molar-refractivity contribution in [1.29, 1.82) is 0 Å². The fourth-order valence-corrected chi connectivity index (χ4v) is 3.00. The highest BCUT2D eigenvalue weighted by atomic mass is 32.2. The SMILES string of the molecule is CC(C)C[C@@H](O)C[C@@H](NS(=O)C(C)(C)C)c1ccccc1. The first kappa shape index (κ1) is 18.3. The van der Waals surface area contributed by atoms with E-state index in [4.69, 9.17) is 0 Å². The van der Waals surface area contributed by atoms with Gasteiger partial charge in [0.25, 0.3) is 0 Å². The Morgan fingerprint density at radius 2 is 1.71 bits per heavy atom. The van der Waals surface area contributed by atoms with E-state index >= 15 is 0 Å². The first-order valence-corrected chi connectivity index (χ1v) is 8.76. The fraction of sp³-hybridized carbons (Fsp3) is 0.647. The zero-order chi connectivity index (χ0) is 16.0. The topological polar surface area (TPSA) is 49.3 Å². The summed E-state index contributed by atoms with van der Waals surface area (Å²) in [6.45, 7) is 10.0. The maximum absolute atomic E-state index is 12.4. The van der Waals surface area contributed by atoms with E-state index in [1.54, 1.807) is 0 Å². The Labute approximate surface area is 131 Å². The van der Waals surface area contributed by atoms with E-state index in [0.29, 0.717) is 12.3 Å². The summed E-state index contributed by atoms with van der Waals surface area (Å²) in [5, 5.41) is 10.2. The van der Waals surface area contributed by atoms with Gasteiger partial charge in [-0.3, -0.25) is 0 Å². The molecule has 0 aromatic heterocycles. The molecule has 0 aliphatic carbocycles. The van der Waals surface area contributed by atoms with Crippen molar-refractivity contribution in [2.75, 3.05) is 0 Å². The molecule has 4 heteroatoms. The predicted molar refractivity (Wildman–Crippen MR) is 90.3 cm³/mol. The number of benzene rings is 1. The van der Waals surface area contributed by atoms with Crippen LogP contribution in [-0.4, -0.2) is 20.2 Å². The lowest BCUT2D eigenvalue weighted by Crippen LogP contribution is -2.37. The van der Waals surface area contributed by atoms with Crippen LogP contribution in [0.4, 0.5) is 0 Å². The minimum Gasteiger partial charge on any atom is -0.393 e. The van der Waals surface area contributed by atoms with Crippen LogP contribution in [-0.2, 0) is 11.0 Å². The molecule has 1 unspecified atom stereocenters. The molecule has 21 heavy (non-hydrogen) atoms. The van der Waals surface area contributed by atoms with Gasteiger partial charge in [-0.2, -0.15) is 0 Å². The van der Waals surface area contributed by atoms with Gasteiger partial charge in [0.05, 0.1) is 21.8 Å². The van der Waals surface area contributed by atoms with E-state index < -0.39 is 11.0 Å². The molecular weight excluding hydrogens is 282 g/mol. The van der Waals surface area contributed by atoms with Crippen LogP contribution < -0.4 is 4.72 Å². The van der Waals surface area contributed by atoms with Crippen molar-refractivity contribution in [2.45, 2.75) is 64.4 Å². The van der Waals surface area contributed by atoms with Crippen LogP contribution in [0.1, 0.15) is 59.1 Å². The van der Waals surface area contributed by atoms with Gasteiger partial charge < -0.3 is 5.11 Å². The Morgan fingerprint density at radius 1 is 1.14 bits per heavy atom. The van der Waals surface area contributed by atoms with Crippen molar-refractivity contribution in [3.8, 4) is 0 Å². The Morgan fingerprint density at radius 3 is 2.19 bits per heavy atom. The number of aliphatic hydroxyl groups is 1. The van der Waals surface area contributed by atoms with Gasteiger partial charge in [-0.05, 0) is 45.1 Å². The summed E-state index contributed by atoms with van der Waals surface area (Å²) < 4.78 is 15.2. The van der Waals surface area contributed by atoms with Crippen molar-refractivity contribution in [2.24, 2.45) is 5.92 Å². The second-order valence-electron chi connectivity index (χ2n) is 6.98. The van der Waals surface area contributed by atoms with E-state index in [1.165, 1.54) is 0 Å². The van der Waals surface area contributed by atoms with Gasteiger partial charge in [0.2, 0.25) is 0 Å². The molecule has 0 fully saturated rings. The van der Waals surface area contributed by atoms with Crippen LogP contribution in [0.3, 0.4) is 0 Å². The predicted octanol–water partition coefficient (Wildman–Crippen LogP) is 3.58. The third kappa shape index (κ3) is 6.72. The summed E-state index contributed by atoms with van der Waals surface area (Å²) in [7, 11) is -1.16. The number of rotatable bonds is 7. The molecule has 3 nitrogen and oxygen atoms in total. The summed E-state index contributed by atoms with van der Waals surface area (Å²) in [5.74, 6) is 0.449. The fourth-order valence-electron chi connectivity index (χ4n) is 2.16. The largest absolute Gasteiger partial charge is 0.393 e. The zero-order valence-corrected chi connectivity index (χ0v) is 14.6. The summed E-state index contributed by atoms with van der Waals surface area (Å²) in [5.41, 5.74) is 1.07. The van der Waals surface area contributed by atoms with Crippen molar-refractivity contribution in [3.05, 3.63) is 35.9 Å². The highest BCUT2D eigenvalue weighted by Crippen LogP contribution is 2.23. The molecule has 0 heterocycles. The third-order valence-electron chi connectivity index (χ3n) is 3.26. The Balaban J connectivity index is 2.83. The van der Waals surface area contributed by atoms with E-state index in [2.05, 4.69) is 18.6 Å². The van der Waals surface area contributed by atoms with E-state index in [1.807, 2.05) is 51.1 Å². The molecule has 0 aliphatic heterocycles. The molecule has 0 amide bonds. The molecule has 0 saturated heterocycles. The van der Waals surface area contributed by atoms with Crippen molar-refractivity contribution in [3.63, 3.8) is 0 Å². The summed E-state index contributed by atoms with van der Waals surface area (Å²) in [6.07, 6.45) is 0.941. The maximum Gasteiger partial charge on any atom is 0.0975 e. The molecule has 1 rings (SSSR count). The lowest BCUT2D eigenvalue weighted by molar-refractivity contribution is 0.129. The molecule has 0 radical (unpaired) electrons.